The van der Waals surface area contributed by atoms with Gasteiger partial charge in [-0.25, -0.2) is 0 Å². The minimum absolute atomic E-state index is 0.0477. The van der Waals surface area contributed by atoms with Gasteiger partial charge in [0.25, 0.3) is 16.0 Å². The van der Waals surface area contributed by atoms with Crippen LogP contribution in [0.3, 0.4) is 0 Å². The van der Waals surface area contributed by atoms with E-state index in [1.54, 1.807) is 6.07 Å². The van der Waals surface area contributed by atoms with E-state index in [0.717, 1.165) is 6.26 Å². The highest BCUT2D eigenvalue weighted by atomic mass is 35.5. The second-order valence-corrected chi connectivity index (χ2v) is 7.35. The Kier molecular flexibility index (Phi) is 3.62. The summed E-state index contributed by atoms with van der Waals surface area (Å²) < 4.78 is 27.3. The molecular weight excluding hydrogens is 332 g/mol. The third kappa shape index (κ3) is 2.81. The number of carbonyl (C=O) groups excluding carboxylic acids is 2. The normalized spacial score (nSPS) is 24.5. The predicted octanol–water partition coefficient (Wildman–Crippen LogP) is 0.851. The number of fused-ring (bicyclic) bond motifs is 2. The Labute approximate surface area is 132 Å². The van der Waals surface area contributed by atoms with Gasteiger partial charge in [0.15, 0.2) is 0 Å². The molecule has 1 saturated heterocycles. The SMILES string of the molecule is CS(=O)(=O)O[C@@H]1C[C@H]2C(=O)Nc3cc(Cl)ccc3C(=O)N2C1. The second kappa shape index (κ2) is 5.22. The fourth-order valence-corrected chi connectivity index (χ4v) is 3.57. The van der Waals surface area contributed by atoms with Crippen molar-refractivity contribution in [3.05, 3.63) is 28.8 Å². The smallest absolute Gasteiger partial charge is 0.264 e. The van der Waals surface area contributed by atoms with Crippen molar-refractivity contribution in [2.24, 2.45) is 0 Å². The third-order valence-corrected chi connectivity index (χ3v) is 4.46. The molecule has 2 heterocycles. The minimum Gasteiger partial charge on any atom is -0.324 e. The quantitative estimate of drug-likeness (QED) is 0.803. The van der Waals surface area contributed by atoms with Crippen molar-refractivity contribution in [3.8, 4) is 0 Å². The lowest BCUT2D eigenvalue weighted by Gasteiger charge is -2.19. The van der Waals surface area contributed by atoms with E-state index in [4.69, 9.17) is 15.8 Å². The van der Waals surface area contributed by atoms with Crippen LogP contribution in [0, 0.1) is 0 Å². The second-order valence-electron chi connectivity index (χ2n) is 5.31. The van der Waals surface area contributed by atoms with Gasteiger partial charge in [0.1, 0.15) is 6.04 Å². The summed E-state index contributed by atoms with van der Waals surface area (Å²) in [4.78, 5) is 26.2. The molecule has 2 aliphatic heterocycles. The van der Waals surface area contributed by atoms with E-state index in [0.29, 0.717) is 16.3 Å². The summed E-state index contributed by atoms with van der Waals surface area (Å²) in [5.41, 5.74) is 0.678. The molecule has 2 aliphatic rings. The fraction of sp³-hybridized carbons (Fsp3) is 0.385. The molecule has 0 unspecified atom stereocenters. The van der Waals surface area contributed by atoms with Crippen LogP contribution in [0.25, 0.3) is 0 Å². The molecular formula is C13H13ClN2O5S. The lowest BCUT2D eigenvalue weighted by Crippen LogP contribution is -2.40. The van der Waals surface area contributed by atoms with Crippen LogP contribution in [-0.2, 0) is 19.1 Å². The monoisotopic (exact) mass is 344 g/mol. The number of benzene rings is 1. The van der Waals surface area contributed by atoms with Crippen LogP contribution in [0.4, 0.5) is 5.69 Å². The number of halogens is 1. The molecule has 118 valence electrons. The maximum atomic E-state index is 12.6. The number of anilines is 1. The minimum atomic E-state index is -3.65. The van der Waals surface area contributed by atoms with Crippen LogP contribution in [0.1, 0.15) is 16.8 Å². The number of nitrogens with zero attached hydrogens (tertiary/aromatic N) is 1. The zero-order chi connectivity index (χ0) is 16.1. The van der Waals surface area contributed by atoms with E-state index >= 15 is 0 Å². The molecule has 3 rings (SSSR count). The number of rotatable bonds is 2. The number of amides is 2. The van der Waals surface area contributed by atoms with Crippen LogP contribution in [-0.4, -0.2) is 50.1 Å². The van der Waals surface area contributed by atoms with E-state index in [-0.39, 0.29) is 24.8 Å². The summed E-state index contributed by atoms with van der Waals surface area (Å²) in [7, 11) is -3.65. The average molecular weight is 345 g/mol. The van der Waals surface area contributed by atoms with Crippen molar-refractivity contribution in [3.63, 3.8) is 0 Å². The first-order chi connectivity index (χ1) is 10.2. The molecule has 1 N–H and O–H groups in total. The fourth-order valence-electron chi connectivity index (χ4n) is 2.76. The first-order valence-electron chi connectivity index (χ1n) is 6.54. The lowest BCUT2D eigenvalue weighted by atomic mass is 10.1. The predicted molar refractivity (Wildman–Crippen MR) is 79.2 cm³/mol. The molecule has 0 aliphatic carbocycles. The van der Waals surface area contributed by atoms with Gasteiger partial charge in [-0.15, -0.1) is 0 Å². The van der Waals surface area contributed by atoms with Crippen molar-refractivity contribution >= 4 is 39.2 Å². The van der Waals surface area contributed by atoms with E-state index < -0.39 is 22.3 Å². The van der Waals surface area contributed by atoms with E-state index in [1.165, 1.54) is 17.0 Å². The Hall–Kier alpha value is -1.64. The molecule has 0 saturated carbocycles. The topological polar surface area (TPSA) is 92.8 Å². The maximum Gasteiger partial charge on any atom is 0.264 e. The molecule has 7 nitrogen and oxygen atoms in total. The number of nitrogens with one attached hydrogen (secondary N) is 1. The third-order valence-electron chi connectivity index (χ3n) is 3.61. The van der Waals surface area contributed by atoms with E-state index in [2.05, 4.69) is 5.32 Å². The standard InChI is InChI=1S/C13H13ClN2O5S/c1-22(19,20)21-8-5-11-12(17)15-10-4-7(14)2-3-9(10)13(18)16(11)6-8/h2-4,8,11H,5-6H2,1H3,(H,15,17)/t8-,11+/m1/s1. The molecule has 9 heteroatoms. The summed E-state index contributed by atoms with van der Waals surface area (Å²) in [6.07, 6.45) is 0.353. The number of carbonyl (C=O) groups is 2. The number of hydrogen-bond donors (Lipinski definition) is 1. The highest BCUT2D eigenvalue weighted by molar-refractivity contribution is 7.86. The van der Waals surface area contributed by atoms with Crippen LogP contribution in [0.5, 0.6) is 0 Å². The van der Waals surface area contributed by atoms with Gasteiger partial charge in [-0.3, -0.25) is 13.8 Å². The van der Waals surface area contributed by atoms with Gasteiger partial charge in [-0.1, -0.05) is 11.6 Å². The first-order valence-corrected chi connectivity index (χ1v) is 8.74. The summed E-state index contributed by atoms with van der Waals surface area (Å²) in [6.45, 7) is 0.0477. The Morgan fingerprint density at radius 2 is 2.09 bits per heavy atom. The zero-order valence-electron chi connectivity index (χ0n) is 11.6. The largest absolute Gasteiger partial charge is 0.324 e. The van der Waals surface area contributed by atoms with Crippen LogP contribution in [0.15, 0.2) is 18.2 Å². The molecule has 1 aromatic carbocycles. The Morgan fingerprint density at radius 3 is 2.77 bits per heavy atom. The molecule has 0 aromatic heterocycles. The molecule has 1 fully saturated rings. The van der Waals surface area contributed by atoms with Gasteiger partial charge in [0.05, 0.1) is 23.6 Å². The van der Waals surface area contributed by atoms with E-state index in [9.17, 15) is 18.0 Å². The van der Waals surface area contributed by atoms with Crippen LogP contribution >= 0.6 is 11.6 Å². The Bertz CT molecular complexity index is 764. The van der Waals surface area contributed by atoms with Gasteiger partial charge >= 0.3 is 0 Å². The zero-order valence-corrected chi connectivity index (χ0v) is 13.1. The van der Waals surface area contributed by atoms with Crippen molar-refractivity contribution in [2.45, 2.75) is 18.6 Å². The Morgan fingerprint density at radius 1 is 1.36 bits per heavy atom. The highest BCUT2D eigenvalue weighted by Crippen LogP contribution is 2.31. The highest BCUT2D eigenvalue weighted by Gasteiger charge is 2.44. The average Bonchev–Trinajstić information content (AvgIpc) is 2.76. The van der Waals surface area contributed by atoms with E-state index in [1.807, 2.05) is 0 Å². The van der Waals surface area contributed by atoms with Crippen molar-refractivity contribution < 1.29 is 22.2 Å². The summed E-state index contributed by atoms with van der Waals surface area (Å²) in [6, 6.07) is 3.85. The molecule has 0 bridgehead atoms. The first kappa shape index (κ1) is 15.3. The van der Waals surface area contributed by atoms with Gasteiger partial charge in [0.2, 0.25) is 5.91 Å². The molecule has 0 spiro atoms. The summed E-state index contributed by atoms with van der Waals surface area (Å²) >= 11 is 5.88. The van der Waals surface area contributed by atoms with Crippen molar-refractivity contribution in [1.82, 2.24) is 4.90 Å². The van der Waals surface area contributed by atoms with Crippen molar-refractivity contribution in [2.75, 3.05) is 18.1 Å². The van der Waals surface area contributed by atoms with Crippen molar-refractivity contribution in [1.29, 1.82) is 0 Å². The molecule has 2 atom stereocenters. The van der Waals surface area contributed by atoms with Gasteiger partial charge in [-0.05, 0) is 18.2 Å². The number of hydrogen-bond acceptors (Lipinski definition) is 5. The van der Waals surface area contributed by atoms with Gasteiger partial charge < -0.3 is 10.2 Å². The maximum absolute atomic E-state index is 12.6. The molecule has 1 aromatic rings. The lowest BCUT2D eigenvalue weighted by molar-refractivity contribution is -0.119. The molecule has 22 heavy (non-hydrogen) atoms. The molecule has 0 radical (unpaired) electrons. The Balaban J connectivity index is 1.93. The summed E-state index contributed by atoms with van der Waals surface area (Å²) in [5.74, 6) is -0.733. The molecule has 2 amide bonds. The van der Waals surface area contributed by atoms with Crippen LogP contribution in [0.2, 0.25) is 5.02 Å². The summed E-state index contributed by atoms with van der Waals surface area (Å²) in [5, 5.41) is 3.07. The van der Waals surface area contributed by atoms with Gasteiger partial charge in [0, 0.05) is 18.0 Å². The van der Waals surface area contributed by atoms with Gasteiger partial charge in [-0.2, -0.15) is 8.42 Å². The van der Waals surface area contributed by atoms with Crippen LogP contribution < -0.4 is 5.32 Å².